The van der Waals surface area contributed by atoms with Crippen LogP contribution in [0.15, 0.2) is 91.0 Å². The predicted octanol–water partition coefficient (Wildman–Crippen LogP) is 3.02. The molecule has 0 bridgehead atoms. The van der Waals surface area contributed by atoms with Gasteiger partial charge >= 0.3 is 0 Å². The first-order valence-electron chi connectivity index (χ1n) is 8.68. The molecule has 30 heavy (non-hydrogen) atoms. The van der Waals surface area contributed by atoms with Crippen molar-refractivity contribution in [3.8, 4) is 0 Å². The van der Waals surface area contributed by atoms with Gasteiger partial charge in [-0.2, -0.15) is 16.8 Å². The van der Waals surface area contributed by atoms with Crippen LogP contribution in [0.3, 0.4) is 0 Å². The van der Waals surface area contributed by atoms with E-state index in [0.717, 1.165) is 5.69 Å². The Morgan fingerprint density at radius 3 is 1.13 bits per heavy atom. The lowest BCUT2D eigenvalue weighted by Crippen LogP contribution is -2.35. The second-order valence-electron chi connectivity index (χ2n) is 6.19. The maximum absolute atomic E-state index is 11.6. The van der Waals surface area contributed by atoms with Crippen LogP contribution in [0.1, 0.15) is 21.9 Å². The number of nitrogen functional groups attached to an aromatic ring is 1. The Balaban J connectivity index is 0.000000386. The van der Waals surface area contributed by atoms with Gasteiger partial charge < -0.3 is 5.73 Å². The first-order chi connectivity index (χ1) is 14.1. The summed E-state index contributed by atoms with van der Waals surface area (Å²) in [6, 6.07) is 24.6. The molecule has 2 atom stereocenters. The van der Waals surface area contributed by atoms with E-state index in [9.17, 15) is 25.9 Å². The summed E-state index contributed by atoms with van der Waals surface area (Å²) < 4.78 is 65.4. The lowest BCUT2D eigenvalue weighted by Gasteiger charge is -2.22. The van der Waals surface area contributed by atoms with Gasteiger partial charge in [0.15, 0.2) is 10.7 Å². The van der Waals surface area contributed by atoms with Crippen molar-refractivity contribution in [1.29, 1.82) is 0 Å². The summed E-state index contributed by atoms with van der Waals surface area (Å²) in [5.41, 5.74) is 6.46. The molecule has 3 rings (SSSR count). The number of hydrogen-bond acceptors (Lipinski definition) is 6. The number of nitrogens with two attached hydrogens (primary N) is 1. The molecule has 0 amide bonds. The zero-order valence-electron chi connectivity index (χ0n) is 15.7. The lowest BCUT2D eigenvalue weighted by atomic mass is 10.2. The van der Waals surface area contributed by atoms with Crippen LogP contribution >= 0.6 is 0 Å². The molecule has 10 heteroatoms. The van der Waals surface area contributed by atoms with Crippen LogP contribution < -0.4 is 11.1 Å². The van der Waals surface area contributed by atoms with Crippen molar-refractivity contribution >= 4 is 25.9 Å². The summed E-state index contributed by atoms with van der Waals surface area (Å²) in [4.78, 5) is 0. The SMILES string of the molecule is Nc1ccccc1.O=S(=O)(O)C(NC(c1ccccc1)S(=O)(=O)O)c1ccccc1. The molecule has 3 aromatic carbocycles. The van der Waals surface area contributed by atoms with Gasteiger partial charge in [-0.25, -0.2) is 0 Å². The highest BCUT2D eigenvalue weighted by Crippen LogP contribution is 2.26. The van der Waals surface area contributed by atoms with Gasteiger partial charge in [0.2, 0.25) is 0 Å². The number of nitrogens with one attached hydrogen (secondary N) is 1. The van der Waals surface area contributed by atoms with Gasteiger partial charge in [0.05, 0.1) is 0 Å². The van der Waals surface area contributed by atoms with Crippen molar-refractivity contribution in [2.24, 2.45) is 0 Å². The van der Waals surface area contributed by atoms with Gasteiger partial charge in [0.1, 0.15) is 0 Å². The zero-order valence-corrected chi connectivity index (χ0v) is 17.4. The van der Waals surface area contributed by atoms with Crippen LogP contribution in [0, 0.1) is 0 Å². The fraction of sp³-hybridized carbons (Fsp3) is 0.100. The van der Waals surface area contributed by atoms with Gasteiger partial charge in [-0.1, -0.05) is 78.9 Å². The highest BCUT2D eigenvalue weighted by Gasteiger charge is 2.33. The third kappa shape index (κ3) is 7.25. The van der Waals surface area contributed by atoms with Gasteiger partial charge in [0, 0.05) is 5.69 Å². The monoisotopic (exact) mass is 450 g/mol. The van der Waals surface area contributed by atoms with Crippen molar-refractivity contribution in [3.05, 3.63) is 102 Å². The second-order valence-corrected chi connectivity index (χ2v) is 9.19. The minimum absolute atomic E-state index is 0.139. The van der Waals surface area contributed by atoms with E-state index in [0.29, 0.717) is 0 Å². The van der Waals surface area contributed by atoms with Crippen LogP contribution in [0.4, 0.5) is 5.69 Å². The largest absolute Gasteiger partial charge is 0.399 e. The van der Waals surface area contributed by atoms with Crippen LogP contribution in [-0.4, -0.2) is 25.9 Å². The molecule has 3 aromatic rings. The number of anilines is 1. The Bertz CT molecular complexity index is 1050. The van der Waals surface area contributed by atoms with Crippen LogP contribution in [0.2, 0.25) is 0 Å². The van der Waals surface area contributed by atoms with E-state index in [1.807, 2.05) is 30.3 Å². The molecule has 160 valence electrons. The van der Waals surface area contributed by atoms with E-state index in [4.69, 9.17) is 5.73 Å². The number of rotatable bonds is 6. The zero-order chi connectivity index (χ0) is 22.2. The van der Waals surface area contributed by atoms with E-state index in [-0.39, 0.29) is 11.1 Å². The number of para-hydroxylation sites is 1. The van der Waals surface area contributed by atoms with Crippen LogP contribution in [0.5, 0.6) is 0 Å². The number of benzene rings is 3. The Labute approximate surface area is 175 Å². The first-order valence-corrected chi connectivity index (χ1v) is 11.7. The van der Waals surface area contributed by atoms with E-state index in [2.05, 4.69) is 5.32 Å². The van der Waals surface area contributed by atoms with Gasteiger partial charge in [-0.15, -0.1) is 0 Å². The second kappa shape index (κ2) is 10.3. The smallest absolute Gasteiger partial charge is 0.285 e. The maximum Gasteiger partial charge on any atom is 0.285 e. The summed E-state index contributed by atoms with van der Waals surface area (Å²) in [5, 5.41) is -1.13. The van der Waals surface area contributed by atoms with E-state index < -0.39 is 31.0 Å². The van der Waals surface area contributed by atoms with Crippen molar-refractivity contribution in [1.82, 2.24) is 5.32 Å². The molecular formula is C20H22N2O6S2. The maximum atomic E-state index is 11.6. The third-order valence-electron chi connectivity index (χ3n) is 3.90. The topological polar surface area (TPSA) is 147 Å². The molecule has 0 aliphatic rings. The summed E-state index contributed by atoms with van der Waals surface area (Å²) >= 11 is 0. The van der Waals surface area contributed by atoms with Gasteiger partial charge in [0.25, 0.3) is 20.2 Å². The average Bonchev–Trinajstić information content (AvgIpc) is 2.69. The quantitative estimate of drug-likeness (QED) is 0.331. The lowest BCUT2D eigenvalue weighted by molar-refractivity contribution is 0.428. The van der Waals surface area contributed by atoms with Crippen LogP contribution in [0.25, 0.3) is 0 Å². The molecule has 0 radical (unpaired) electrons. The number of hydrogen-bond donors (Lipinski definition) is 4. The summed E-state index contributed by atoms with van der Waals surface area (Å²) in [7, 11) is -9.34. The third-order valence-corrected chi connectivity index (χ3v) is 5.91. The Kier molecular flexibility index (Phi) is 8.09. The predicted molar refractivity (Wildman–Crippen MR) is 115 cm³/mol. The molecule has 0 aromatic heterocycles. The fourth-order valence-corrected chi connectivity index (χ4v) is 4.26. The first kappa shape index (κ1) is 23.5. The molecule has 0 saturated carbocycles. The molecule has 0 spiro atoms. The normalized spacial score (nSPS) is 13.5. The molecule has 0 fully saturated rings. The highest BCUT2D eigenvalue weighted by molar-refractivity contribution is 7.86. The van der Waals surface area contributed by atoms with E-state index >= 15 is 0 Å². The fourth-order valence-electron chi connectivity index (χ4n) is 2.55. The van der Waals surface area contributed by atoms with Gasteiger partial charge in [-0.05, 0) is 23.3 Å². The van der Waals surface area contributed by atoms with E-state index in [1.54, 1.807) is 36.4 Å². The molecule has 2 unspecified atom stereocenters. The average molecular weight is 451 g/mol. The van der Waals surface area contributed by atoms with Crippen molar-refractivity contribution < 1.29 is 25.9 Å². The summed E-state index contributed by atoms with van der Waals surface area (Å²) in [5.74, 6) is 0. The van der Waals surface area contributed by atoms with Gasteiger partial charge in [-0.3, -0.25) is 14.4 Å². The highest BCUT2D eigenvalue weighted by atomic mass is 32.2. The Morgan fingerprint density at radius 2 is 0.900 bits per heavy atom. The summed E-state index contributed by atoms with van der Waals surface area (Å²) in [6.45, 7) is 0. The molecule has 0 aliphatic heterocycles. The Hall–Kier alpha value is -2.76. The van der Waals surface area contributed by atoms with Crippen molar-refractivity contribution in [2.45, 2.75) is 10.7 Å². The summed E-state index contributed by atoms with van der Waals surface area (Å²) in [6.07, 6.45) is 0. The molecule has 8 nitrogen and oxygen atoms in total. The standard InChI is InChI=1S/C14H15NO6S2.C6H7N/c16-22(17,18)13(11-7-3-1-4-8-11)15-14(23(19,20)21)12-9-5-2-6-10-12;7-6-4-2-1-3-5-6/h1-10,13-15H,(H,16,17,18)(H,19,20,21);1-5H,7H2. The molecule has 0 saturated heterocycles. The minimum Gasteiger partial charge on any atom is -0.399 e. The Morgan fingerprint density at radius 1 is 0.600 bits per heavy atom. The van der Waals surface area contributed by atoms with E-state index in [1.165, 1.54) is 24.3 Å². The molecule has 0 aliphatic carbocycles. The molecule has 5 N–H and O–H groups in total. The molecule has 0 heterocycles. The van der Waals surface area contributed by atoms with Crippen molar-refractivity contribution in [3.63, 3.8) is 0 Å². The van der Waals surface area contributed by atoms with Crippen molar-refractivity contribution in [2.75, 3.05) is 5.73 Å². The minimum atomic E-state index is -4.67. The molecular weight excluding hydrogens is 428 g/mol. The van der Waals surface area contributed by atoms with Crippen LogP contribution in [-0.2, 0) is 20.2 Å².